The van der Waals surface area contributed by atoms with Gasteiger partial charge in [0.2, 0.25) is 0 Å². The molecule has 0 bridgehead atoms. The molecule has 1 saturated heterocycles. The number of benzene rings is 1. The van der Waals surface area contributed by atoms with Crippen molar-refractivity contribution < 1.29 is 19.2 Å². The van der Waals surface area contributed by atoms with Crippen LogP contribution in [0.1, 0.15) is 24.2 Å². The number of nitro groups is 1. The fraction of sp³-hybridized carbons (Fsp3) is 0.562. The van der Waals surface area contributed by atoms with Crippen LogP contribution in [0, 0.1) is 16.0 Å². The first-order chi connectivity index (χ1) is 11.0. The molecule has 1 aliphatic rings. The summed E-state index contributed by atoms with van der Waals surface area (Å²) < 4.78 is 10.8. The maximum atomic E-state index is 12.0. The molecular formula is C16H22N2O5. The topological polar surface area (TPSA) is 81.9 Å². The highest BCUT2D eigenvalue weighted by molar-refractivity contribution is 5.98. The van der Waals surface area contributed by atoms with Gasteiger partial charge in [0.1, 0.15) is 6.61 Å². The highest BCUT2D eigenvalue weighted by Gasteiger charge is 2.20. The molecule has 1 aromatic carbocycles. The Bertz CT molecular complexity index is 568. The Morgan fingerprint density at radius 1 is 1.39 bits per heavy atom. The van der Waals surface area contributed by atoms with Gasteiger partial charge in [-0.3, -0.25) is 19.8 Å². The minimum Gasteiger partial charge on any atom is -0.485 e. The molecule has 1 fully saturated rings. The number of nitrogens with zero attached hydrogens (tertiary/aromatic N) is 2. The summed E-state index contributed by atoms with van der Waals surface area (Å²) in [5.41, 5.74) is 0.172. The second kappa shape index (κ2) is 8.03. The molecule has 0 radical (unpaired) electrons. The summed E-state index contributed by atoms with van der Waals surface area (Å²) in [7, 11) is 0. The van der Waals surface area contributed by atoms with E-state index < -0.39 is 4.92 Å². The van der Waals surface area contributed by atoms with Crippen LogP contribution in [0.2, 0.25) is 0 Å². The second-order valence-corrected chi connectivity index (χ2v) is 5.76. The molecule has 0 unspecified atom stereocenters. The van der Waals surface area contributed by atoms with Gasteiger partial charge >= 0.3 is 5.69 Å². The highest BCUT2D eigenvalue weighted by atomic mass is 16.6. The monoisotopic (exact) mass is 322 g/mol. The van der Waals surface area contributed by atoms with Gasteiger partial charge < -0.3 is 9.47 Å². The summed E-state index contributed by atoms with van der Waals surface area (Å²) in [5, 5.41) is 11.2. The zero-order valence-corrected chi connectivity index (χ0v) is 13.5. The number of ketones is 1. The molecule has 0 spiro atoms. The molecule has 126 valence electrons. The highest BCUT2D eigenvalue weighted by Crippen LogP contribution is 2.29. The second-order valence-electron chi connectivity index (χ2n) is 5.76. The van der Waals surface area contributed by atoms with Crippen molar-refractivity contribution in [1.82, 2.24) is 4.90 Å². The number of carbonyl (C=O) groups excluding carboxylic acids is 1. The molecule has 1 heterocycles. The van der Waals surface area contributed by atoms with Gasteiger partial charge in [-0.2, -0.15) is 0 Å². The van der Waals surface area contributed by atoms with Crippen LogP contribution in [0.3, 0.4) is 0 Å². The van der Waals surface area contributed by atoms with Crippen molar-refractivity contribution in [3.8, 4) is 5.75 Å². The quantitative estimate of drug-likeness (QED) is 0.434. The third-order valence-electron chi connectivity index (χ3n) is 3.73. The van der Waals surface area contributed by atoms with E-state index in [2.05, 4.69) is 4.90 Å². The predicted octanol–water partition coefficient (Wildman–Crippen LogP) is 2.14. The van der Waals surface area contributed by atoms with E-state index in [0.717, 1.165) is 13.1 Å². The van der Waals surface area contributed by atoms with E-state index in [-0.39, 0.29) is 23.1 Å². The normalized spacial score (nSPS) is 15.6. The van der Waals surface area contributed by atoms with Crippen LogP contribution in [-0.2, 0) is 4.74 Å². The van der Waals surface area contributed by atoms with Crippen LogP contribution < -0.4 is 4.74 Å². The van der Waals surface area contributed by atoms with E-state index >= 15 is 0 Å². The molecule has 2 rings (SSSR count). The molecule has 0 aliphatic carbocycles. The van der Waals surface area contributed by atoms with Gasteiger partial charge in [0.05, 0.1) is 18.1 Å². The third kappa shape index (κ3) is 4.74. The van der Waals surface area contributed by atoms with Crippen molar-refractivity contribution in [3.05, 3.63) is 33.9 Å². The van der Waals surface area contributed by atoms with E-state index in [4.69, 9.17) is 9.47 Å². The van der Waals surface area contributed by atoms with E-state index in [1.165, 1.54) is 12.1 Å². The lowest BCUT2D eigenvalue weighted by molar-refractivity contribution is -0.385. The van der Waals surface area contributed by atoms with Crippen molar-refractivity contribution in [2.45, 2.75) is 13.8 Å². The first-order valence-electron chi connectivity index (χ1n) is 7.74. The molecule has 7 nitrogen and oxygen atoms in total. The van der Waals surface area contributed by atoms with Crippen LogP contribution in [-0.4, -0.2) is 55.1 Å². The molecule has 0 atom stereocenters. The standard InChI is InChI=1S/C16H22N2O5/c1-12(2)16(19)13-3-4-15(14(11-13)18(20)21)23-10-7-17-5-8-22-9-6-17/h3-4,11-12H,5-10H2,1-2H3. The van der Waals surface area contributed by atoms with Crippen LogP contribution in [0.15, 0.2) is 18.2 Å². The maximum Gasteiger partial charge on any atom is 0.311 e. The van der Waals surface area contributed by atoms with Gasteiger partial charge in [-0.25, -0.2) is 0 Å². The number of hydrogen-bond donors (Lipinski definition) is 0. The Hall–Kier alpha value is -1.99. The summed E-state index contributed by atoms with van der Waals surface area (Å²) in [6, 6.07) is 4.39. The van der Waals surface area contributed by atoms with Gasteiger partial charge in [-0.05, 0) is 12.1 Å². The van der Waals surface area contributed by atoms with Crippen molar-refractivity contribution >= 4 is 11.5 Å². The molecule has 0 aromatic heterocycles. The Morgan fingerprint density at radius 3 is 2.70 bits per heavy atom. The fourth-order valence-electron chi connectivity index (χ4n) is 2.38. The van der Waals surface area contributed by atoms with Gasteiger partial charge in [-0.1, -0.05) is 13.8 Å². The summed E-state index contributed by atoms with van der Waals surface area (Å²) in [4.78, 5) is 24.9. The molecule has 0 N–H and O–H groups in total. The van der Waals surface area contributed by atoms with Crippen molar-refractivity contribution in [2.75, 3.05) is 39.5 Å². The zero-order chi connectivity index (χ0) is 16.8. The number of nitro benzene ring substituents is 1. The predicted molar refractivity (Wildman–Crippen MR) is 85.0 cm³/mol. The summed E-state index contributed by atoms with van der Waals surface area (Å²) in [6.07, 6.45) is 0. The summed E-state index contributed by atoms with van der Waals surface area (Å²) >= 11 is 0. The number of Topliss-reactive ketones (excluding diaryl/α,β-unsaturated/α-hetero) is 1. The van der Waals surface area contributed by atoms with Crippen molar-refractivity contribution in [1.29, 1.82) is 0 Å². The third-order valence-corrected chi connectivity index (χ3v) is 3.73. The van der Waals surface area contributed by atoms with Crippen LogP contribution >= 0.6 is 0 Å². The van der Waals surface area contributed by atoms with Gasteiger partial charge in [0, 0.05) is 37.2 Å². The molecule has 23 heavy (non-hydrogen) atoms. The van der Waals surface area contributed by atoms with Crippen molar-refractivity contribution in [3.63, 3.8) is 0 Å². The van der Waals surface area contributed by atoms with Crippen molar-refractivity contribution in [2.24, 2.45) is 5.92 Å². The smallest absolute Gasteiger partial charge is 0.311 e. The van der Waals surface area contributed by atoms with E-state index in [0.29, 0.717) is 31.9 Å². The average molecular weight is 322 g/mol. The number of hydrogen-bond acceptors (Lipinski definition) is 6. The molecular weight excluding hydrogens is 300 g/mol. The molecule has 1 aromatic rings. The minimum atomic E-state index is -0.513. The lowest BCUT2D eigenvalue weighted by Crippen LogP contribution is -2.38. The fourth-order valence-corrected chi connectivity index (χ4v) is 2.38. The number of ether oxygens (including phenoxy) is 2. The largest absolute Gasteiger partial charge is 0.485 e. The van der Waals surface area contributed by atoms with E-state index in [1.807, 2.05) is 0 Å². The van der Waals surface area contributed by atoms with Crippen LogP contribution in [0.25, 0.3) is 0 Å². The Labute approximate surface area is 135 Å². The summed E-state index contributed by atoms with van der Waals surface area (Å²) in [5.74, 6) is -0.126. The molecule has 0 saturated carbocycles. The van der Waals surface area contributed by atoms with Crippen LogP contribution in [0.5, 0.6) is 5.75 Å². The van der Waals surface area contributed by atoms with Crippen LogP contribution in [0.4, 0.5) is 5.69 Å². The number of carbonyl (C=O) groups is 1. The first-order valence-corrected chi connectivity index (χ1v) is 7.74. The summed E-state index contributed by atoms with van der Waals surface area (Å²) in [6.45, 7) is 7.66. The Morgan fingerprint density at radius 2 is 2.09 bits per heavy atom. The van der Waals surface area contributed by atoms with Gasteiger partial charge in [-0.15, -0.1) is 0 Å². The molecule has 7 heteroatoms. The zero-order valence-electron chi connectivity index (χ0n) is 13.5. The minimum absolute atomic E-state index is 0.118. The molecule has 1 aliphatic heterocycles. The average Bonchev–Trinajstić information content (AvgIpc) is 2.55. The van der Waals surface area contributed by atoms with Gasteiger partial charge in [0.25, 0.3) is 0 Å². The number of morpholine rings is 1. The van der Waals surface area contributed by atoms with Gasteiger partial charge in [0.15, 0.2) is 11.5 Å². The van der Waals surface area contributed by atoms with E-state index in [9.17, 15) is 14.9 Å². The maximum absolute atomic E-state index is 12.0. The Kier molecular flexibility index (Phi) is 6.06. The number of rotatable bonds is 7. The lowest BCUT2D eigenvalue weighted by atomic mass is 10.0. The van der Waals surface area contributed by atoms with E-state index in [1.54, 1.807) is 19.9 Å². The SMILES string of the molecule is CC(C)C(=O)c1ccc(OCCN2CCOCC2)c([N+](=O)[O-])c1. The lowest BCUT2D eigenvalue weighted by Gasteiger charge is -2.26. The Balaban J connectivity index is 2.02. The molecule has 0 amide bonds. The first kappa shape index (κ1) is 17.4.